The van der Waals surface area contributed by atoms with E-state index in [2.05, 4.69) is 28.8 Å². The number of benzene rings is 1. The van der Waals surface area contributed by atoms with Crippen molar-refractivity contribution in [3.8, 4) is 11.6 Å². The molecule has 0 spiro atoms. The Morgan fingerprint density at radius 3 is 2.66 bits per heavy atom. The van der Waals surface area contributed by atoms with Gasteiger partial charge in [0.2, 0.25) is 6.23 Å². The second-order valence-corrected chi connectivity index (χ2v) is 11.9. The predicted molar refractivity (Wildman–Crippen MR) is 156 cm³/mol. The number of aromatic nitrogens is 2. The molecule has 2 unspecified atom stereocenters. The van der Waals surface area contributed by atoms with Crippen LogP contribution in [-0.4, -0.2) is 58.1 Å². The first-order chi connectivity index (χ1) is 19.4. The van der Waals surface area contributed by atoms with Gasteiger partial charge in [0.25, 0.3) is 5.88 Å². The van der Waals surface area contributed by atoms with Crippen molar-refractivity contribution in [1.82, 2.24) is 8.75 Å². The van der Waals surface area contributed by atoms with Gasteiger partial charge in [-0.1, -0.05) is 69.7 Å². The van der Waals surface area contributed by atoms with Gasteiger partial charge in [0.15, 0.2) is 0 Å². The van der Waals surface area contributed by atoms with Crippen LogP contribution in [0.15, 0.2) is 30.3 Å². The Kier molecular flexibility index (Phi) is 13.5. The van der Waals surface area contributed by atoms with Gasteiger partial charge < -0.3 is 38.2 Å². The minimum atomic E-state index is -0.363. The van der Waals surface area contributed by atoms with Crippen molar-refractivity contribution in [3.63, 3.8) is 0 Å². The lowest BCUT2D eigenvalue weighted by atomic mass is 9.89. The highest BCUT2D eigenvalue weighted by molar-refractivity contribution is 6.99. The predicted octanol–water partition coefficient (Wildman–Crippen LogP) is 3.35. The third kappa shape index (κ3) is 9.47. The normalized spacial score (nSPS) is 19.9. The van der Waals surface area contributed by atoms with Crippen LogP contribution in [0, 0.1) is 5.92 Å². The molecule has 1 aromatic heterocycles. The number of carbonyl (C=O) groups is 2. The van der Waals surface area contributed by atoms with Crippen LogP contribution in [0.25, 0.3) is 5.57 Å². The maximum atomic E-state index is 13.1. The van der Waals surface area contributed by atoms with Gasteiger partial charge in [0.1, 0.15) is 18.0 Å². The quantitative estimate of drug-likeness (QED) is 0.104. The highest BCUT2D eigenvalue weighted by Gasteiger charge is 2.37. The monoisotopic (exact) mass is 697 g/mol. The summed E-state index contributed by atoms with van der Waals surface area (Å²) in [7, 11) is 2.11. The van der Waals surface area contributed by atoms with Crippen LogP contribution in [-0.2, 0) is 20.7 Å². The zero-order valence-corrected chi connectivity index (χ0v) is 27.6. The van der Waals surface area contributed by atoms with Crippen molar-refractivity contribution < 1.29 is 52.3 Å². The molecule has 1 aromatic carbocycles. The number of likely N-dealkylation sites (N-methyl/N-ethyl adjacent to an activating group) is 1. The van der Waals surface area contributed by atoms with Crippen molar-refractivity contribution >= 4 is 29.2 Å². The third-order valence-electron chi connectivity index (χ3n) is 8.20. The fourth-order valence-corrected chi connectivity index (χ4v) is 6.04. The van der Waals surface area contributed by atoms with Crippen molar-refractivity contribution in [2.45, 2.75) is 90.7 Å². The highest BCUT2D eigenvalue weighted by Crippen LogP contribution is 2.32. The number of halogens is 1. The summed E-state index contributed by atoms with van der Waals surface area (Å²) in [5.41, 5.74) is 2.55. The van der Waals surface area contributed by atoms with Crippen LogP contribution in [0.5, 0.6) is 11.6 Å². The van der Waals surface area contributed by atoms with Crippen LogP contribution in [0.4, 0.5) is 0 Å². The second kappa shape index (κ2) is 16.6. The molecule has 0 radical (unpaired) electrons. The lowest BCUT2D eigenvalue weighted by Gasteiger charge is -2.41. The van der Waals surface area contributed by atoms with Crippen molar-refractivity contribution in [1.29, 1.82) is 0 Å². The molecule has 2 heterocycles. The number of rotatable bonds is 13. The van der Waals surface area contributed by atoms with Gasteiger partial charge in [-0.2, -0.15) is 4.37 Å². The van der Waals surface area contributed by atoms with E-state index in [0.29, 0.717) is 34.8 Å². The first kappa shape index (κ1) is 33.5. The number of hydrogen-bond donors (Lipinski definition) is 0. The van der Waals surface area contributed by atoms with Gasteiger partial charge in [0, 0.05) is 24.5 Å². The molecular formula is C31H44IN3O5S. The van der Waals surface area contributed by atoms with Crippen LogP contribution < -0.4 is 33.5 Å². The van der Waals surface area contributed by atoms with Gasteiger partial charge in [-0.05, 0) is 25.3 Å². The molecule has 41 heavy (non-hydrogen) atoms. The molecule has 0 N–H and O–H groups in total. The van der Waals surface area contributed by atoms with E-state index in [1.54, 1.807) is 6.07 Å². The van der Waals surface area contributed by atoms with Gasteiger partial charge >= 0.3 is 11.9 Å². The maximum Gasteiger partial charge on any atom is 0.314 e. The SMILES string of the molecule is CCCCCCOc1nsnc1C1=CCC[N+](C)(C(C)OC(=O)Cc2ccccc2OC(=O)C2CCCCC2)C1.[I-]. The molecule has 0 saturated heterocycles. The molecular weight excluding hydrogens is 653 g/mol. The summed E-state index contributed by atoms with van der Waals surface area (Å²) < 4.78 is 27.2. The van der Waals surface area contributed by atoms with E-state index < -0.39 is 0 Å². The fraction of sp³-hybridized carbons (Fsp3) is 0.613. The Hall–Kier alpha value is -2.05. The number of para-hydroxylation sites is 1. The van der Waals surface area contributed by atoms with Gasteiger partial charge in [-0.15, -0.1) is 4.37 Å². The number of hydrogen-bond acceptors (Lipinski definition) is 8. The van der Waals surface area contributed by atoms with Crippen molar-refractivity contribution in [2.24, 2.45) is 5.92 Å². The largest absolute Gasteiger partial charge is 1.00 e. The van der Waals surface area contributed by atoms with E-state index in [9.17, 15) is 9.59 Å². The van der Waals surface area contributed by atoms with E-state index in [-0.39, 0.29) is 54.5 Å². The van der Waals surface area contributed by atoms with Gasteiger partial charge in [-0.3, -0.25) is 14.1 Å². The number of quaternary nitrogens is 1. The molecule has 1 saturated carbocycles. The molecule has 0 amide bonds. The first-order valence-corrected chi connectivity index (χ1v) is 15.6. The zero-order valence-electron chi connectivity index (χ0n) is 24.6. The molecule has 1 aliphatic heterocycles. The molecule has 226 valence electrons. The average Bonchev–Trinajstić information content (AvgIpc) is 3.43. The minimum absolute atomic E-state index is 0. The summed E-state index contributed by atoms with van der Waals surface area (Å²) in [4.78, 5) is 25.8. The summed E-state index contributed by atoms with van der Waals surface area (Å²) in [6, 6.07) is 7.26. The smallest absolute Gasteiger partial charge is 0.314 e. The number of carbonyl (C=O) groups excluding carboxylic acids is 2. The molecule has 2 atom stereocenters. The molecule has 8 nitrogen and oxygen atoms in total. The van der Waals surface area contributed by atoms with Crippen LogP contribution in [0.3, 0.4) is 0 Å². The maximum absolute atomic E-state index is 13.1. The van der Waals surface area contributed by atoms with E-state index in [0.717, 1.165) is 62.8 Å². The topological polar surface area (TPSA) is 87.6 Å². The number of nitrogens with zero attached hydrogens (tertiary/aromatic N) is 3. The minimum Gasteiger partial charge on any atom is -1.00 e. The van der Waals surface area contributed by atoms with Crippen LogP contribution >= 0.6 is 11.7 Å². The van der Waals surface area contributed by atoms with E-state index >= 15 is 0 Å². The van der Waals surface area contributed by atoms with E-state index in [1.807, 2.05) is 25.1 Å². The summed E-state index contributed by atoms with van der Waals surface area (Å²) in [6.45, 7) is 6.30. The second-order valence-electron chi connectivity index (χ2n) is 11.3. The Bertz CT molecular complexity index is 1170. The summed E-state index contributed by atoms with van der Waals surface area (Å²) in [6.07, 6.45) is 12.3. The molecule has 2 aromatic rings. The molecule has 1 fully saturated rings. The van der Waals surface area contributed by atoms with Crippen LogP contribution in [0.1, 0.15) is 89.3 Å². The van der Waals surface area contributed by atoms with Gasteiger partial charge in [-0.25, -0.2) is 0 Å². The summed E-state index contributed by atoms with van der Waals surface area (Å²) >= 11 is 1.17. The zero-order chi connectivity index (χ0) is 28.4. The number of ether oxygens (including phenoxy) is 3. The Morgan fingerprint density at radius 1 is 1.10 bits per heavy atom. The number of esters is 2. The highest BCUT2D eigenvalue weighted by atomic mass is 127. The van der Waals surface area contributed by atoms with E-state index in [1.165, 1.54) is 31.0 Å². The Labute approximate surface area is 265 Å². The Morgan fingerprint density at radius 2 is 1.88 bits per heavy atom. The van der Waals surface area contributed by atoms with Crippen molar-refractivity contribution in [3.05, 3.63) is 41.6 Å². The van der Waals surface area contributed by atoms with Crippen molar-refractivity contribution in [2.75, 3.05) is 26.7 Å². The van der Waals surface area contributed by atoms with Gasteiger partial charge in [0.05, 0.1) is 44.3 Å². The standard InChI is InChI=1S/C31H44N3O5S.HI/c1-4-5-6-12-20-37-30-29(32-40-33-30)26-17-13-19-34(3,22-26)23(2)38-28(35)21-25-16-10-11-18-27(25)39-31(36)24-14-8-7-9-15-24;/h10-11,16-18,23-24H,4-9,12-15,19-22H2,1-3H3;1H/q+1;/p-1. The lowest BCUT2D eigenvalue weighted by molar-refractivity contribution is -0.944. The average molecular weight is 698 g/mol. The number of unbranched alkanes of at least 4 members (excludes halogenated alkanes) is 3. The molecule has 2 aliphatic rings. The molecule has 10 heteroatoms. The van der Waals surface area contributed by atoms with E-state index in [4.69, 9.17) is 14.2 Å². The first-order valence-electron chi connectivity index (χ1n) is 14.9. The third-order valence-corrected chi connectivity index (χ3v) is 8.71. The molecule has 1 aliphatic carbocycles. The molecule has 0 bridgehead atoms. The fourth-order valence-electron chi connectivity index (χ4n) is 5.51. The van der Waals surface area contributed by atoms with Crippen LogP contribution in [0.2, 0.25) is 0 Å². The Balaban J connectivity index is 0.00000462. The summed E-state index contributed by atoms with van der Waals surface area (Å²) in [5.74, 6) is 0.463. The summed E-state index contributed by atoms with van der Waals surface area (Å²) in [5, 5.41) is 0. The molecule has 4 rings (SSSR count). The lowest BCUT2D eigenvalue weighted by Crippen LogP contribution is -3.00.